The van der Waals surface area contributed by atoms with Crippen LogP contribution in [0.4, 0.5) is 0 Å². The van der Waals surface area contributed by atoms with Crippen LogP contribution in [0.25, 0.3) is 0 Å². The summed E-state index contributed by atoms with van der Waals surface area (Å²) in [5, 5.41) is 12.6. The standard InChI is InChI=1S/C12H22N2O/c1-4-14-7-5-6-11(14)8-13-12(9-15)10(2)3/h5-7,10,12-13,15H,4,8-9H2,1-3H3/t12-/m1/s1. The third-order valence-electron chi connectivity index (χ3n) is 2.81. The molecule has 0 aliphatic rings. The molecule has 86 valence electrons. The molecule has 2 N–H and O–H groups in total. The Labute approximate surface area is 92.1 Å². The molecule has 3 heteroatoms. The van der Waals surface area contributed by atoms with E-state index in [1.54, 1.807) is 0 Å². The first-order valence-electron chi connectivity index (χ1n) is 5.67. The van der Waals surface area contributed by atoms with E-state index in [0.29, 0.717) is 5.92 Å². The monoisotopic (exact) mass is 210 g/mol. The van der Waals surface area contributed by atoms with Crippen molar-refractivity contribution in [2.45, 2.75) is 39.9 Å². The van der Waals surface area contributed by atoms with Crippen molar-refractivity contribution in [3.8, 4) is 0 Å². The molecule has 0 unspecified atom stereocenters. The Bertz CT molecular complexity index is 281. The van der Waals surface area contributed by atoms with Crippen LogP contribution >= 0.6 is 0 Å². The molecule has 1 rings (SSSR count). The molecule has 0 saturated carbocycles. The molecule has 0 aromatic carbocycles. The van der Waals surface area contributed by atoms with Gasteiger partial charge in [0.05, 0.1) is 6.61 Å². The molecule has 1 heterocycles. The smallest absolute Gasteiger partial charge is 0.0587 e. The molecule has 0 amide bonds. The van der Waals surface area contributed by atoms with Crippen molar-refractivity contribution in [1.82, 2.24) is 9.88 Å². The van der Waals surface area contributed by atoms with Gasteiger partial charge in [-0.2, -0.15) is 0 Å². The molecule has 0 spiro atoms. The average molecular weight is 210 g/mol. The van der Waals surface area contributed by atoms with Crippen LogP contribution < -0.4 is 5.32 Å². The number of aliphatic hydroxyl groups excluding tert-OH is 1. The van der Waals surface area contributed by atoms with Gasteiger partial charge in [-0.05, 0) is 25.0 Å². The van der Waals surface area contributed by atoms with Crippen LogP contribution in [0.3, 0.4) is 0 Å². The Kier molecular flexibility index (Phi) is 4.85. The first-order valence-corrected chi connectivity index (χ1v) is 5.67. The van der Waals surface area contributed by atoms with Crippen molar-refractivity contribution in [1.29, 1.82) is 0 Å². The number of hydrogen-bond acceptors (Lipinski definition) is 2. The lowest BCUT2D eigenvalue weighted by atomic mass is 10.1. The van der Waals surface area contributed by atoms with Gasteiger partial charge in [-0.3, -0.25) is 0 Å². The predicted octanol–water partition coefficient (Wildman–Crippen LogP) is 1.61. The minimum atomic E-state index is 0.185. The molecule has 0 bridgehead atoms. The van der Waals surface area contributed by atoms with Crippen LogP contribution in [-0.4, -0.2) is 22.3 Å². The third kappa shape index (κ3) is 3.36. The first-order chi connectivity index (χ1) is 7.19. The fourth-order valence-corrected chi connectivity index (χ4v) is 1.67. The maximum atomic E-state index is 9.18. The van der Waals surface area contributed by atoms with Crippen LogP contribution in [0, 0.1) is 5.92 Å². The third-order valence-corrected chi connectivity index (χ3v) is 2.81. The molecule has 3 nitrogen and oxygen atoms in total. The van der Waals surface area contributed by atoms with Crippen molar-refractivity contribution < 1.29 is 5.11 Å². The highest BCUT2D eigenvalue weighted by Gasteiger charge is 2.11. The summed E-state index contributed by atoms with van der Waals surface area (Å²) in [6.07, 6.45) is 2.08. The van der Waals surface area contributed by atoms with E-state index < -0.39 is 0 Å². The van der Waals surface area contributed by atoms with Gasteiger partial charge in [0.25, 0.3) is 0 Å². The van der Waals surface area contributed by atoms with Crippen molar-refractivity contribution in [2.75, 3.05) is 6.61 Å². The van der Waals surface area contributed by atoms with Crippen LogP contribution in [0.15, 0.2) is 18.3 Å². The number of rotatable bonds is 6. The summed E-state index contributed by atoms with van der Waals surface area (Å²) in [4.78, 5) is 0. The van der Waals surface area contributed by atoms with Crippen LogP contribution in [0.5, 0.6) is 0 Å². The quantitative estimate of drug-likeness (QED) is 0.748. The molecule has 0 saturated heterocycles. The van der Waals surface area contributed by atoms with Crippen LogP contribution in [0.2, 0.25) is 0 Å². The van der Waals surface area contributed by atoms with Gasteiger partial charge in [0.2, 0.25) is 0 Å². The van der Waals surface area contributed by atoms with Gasteiger partial charge in [-0.1, -0.05) is 13.8 Å². The minimum absolute atomic E-state index is 0.185. The predicted molar refractivity (Wildman–Crippen MR) is 62.7 cm³/mol. The van der Waals surface area contributed by atoms with E-state index in [0.717, 1.165) is 13.1 Å². The fourth-order valence-electron chi connectivity index (χ4n) is 1.67. The molecule has 1 atom stereocenters. The molecule has 0 fully saturated rings. The van der Waals surface area contributed by atoms with E-state index in [9.17, 15) is 5.11 Å². The first kappa shape index (κ1) is 12.3. The van der Waals surface area contributed by atoms with E-state index in [-0.39, 0.29) is 12.6 Å². The highest BCUT2D eigenvalue weighted by atomic mass is 16.3. The largest absolute Gasteiger partial charge is 0.395 e. The van der Waals surface area contributed by atoms with Gasteiger partial charge in [-0.25, -0.2) is 0 Å². The van der Waals surface area contributed by atoms with Crippen molar-refractivity contribution in [3.63, 3.8) is 0 Å². The second-order valence-corrected chi connectivity index (χ2v) is 4.20. The maximum Gasteiger partial charge on any atom is 0.0587 e. The second kappa shape index (κ2) is 5.93. The van der Waals surface area contributed by atoms with Gasteiger partial charge >= 0.3 is 0 Å². The zero-order valence-corrected chi connectivity index (χ0v) is 9.90. The summed E-state index contributed by atoms with van der Waals surface area (Å²) >= 11 is 0. The molecule has 0 aliphatic heterocycles. The van der Waals surface area contributed by atoms with E-state index in [1.165, 1.54) is 5.69 Å². The number of nitrogens with one attached hydrogen (secondary N) is 1. The highest BCUT2D eigenvalue weighted by Crippen LogP contribution is 2.05. The van der Waals surface area contributed by atoms with Gasteiger partial charge in [0, 0.05) is 31.0 Å². The van der Waals surface area contributed by atoms with Crippen molar-refractivity contribution in [2.24, 2.45) is 5.92 Å². The number of aromatic nitrogens is 1. The van der Waals surface area contributed by atoms with Gasteiger partial charge < -0.3 is 15.0 Å². The Morgan fingerprint density at radius 1 is 1.47 bits per heavy atom. The molecule has 0 aliphatic carbocycles. The molecule has 1 aromatic heterocycles. The summed E-state index contributed by atoms with van der Waals surface area (Å²) in [6, 6.07) is 4.36. The van der Waals surface area contributed by atoms with E-state index in [4.69, 9.17) is 0 Å². The minimum Gasteiger partial charge on any atom is -0.395 e. The molecule has 0 radical (unpaired) electrons. The van der Waals surface area contributed by atoms with E-state index in [1.807, 2.05) is 0 Å². The zero-order valence-electron chi connectivity index (χ0n) is 9.90. The molecule has 1 aromatic rings. The van der Waals surface area contributed by atoms with Crippen molar-refractivity contribution >= 4 is 0 Å². The number of aryl methyl sites for hydroxylation is 1. The Morgan fingerprint density at radius 2 is 2.20 bits per heavy atom. The van der Waals surface area contributed by atoms with Gasteiger partial charge in [0.15, 0.2) is 0 Å². The lowest BCUT2D eigenvalue weighted by molar-refractivity contribution is 0.209. The van der Waals surface area contributed by atoms with Crippen LogP contribution in [-0.2, 0) is 13.1 Å². The second-order valence-electron chi connectivity index (χ2n) is 4.20. The number of hydrogen-bond donors (Lipinski definition) is 2. The maximum absolute atomic E-state index is 9.18. The lowest BCUT2D eigenvalue weighted by Crippen LogP contribution is -2.36. The Morgan fingerprint density at radius 3 is 2.73 bits per heavy atom. The summed E-state index contributed by atoms with van der Waals surface area (Å²) in [5.41, 5.74) is 1.27. The van der Waals surface area contributed by atoms with Crippen molar-refractivity contribution in [3.05, 3.63) is 24.0 Å². The summed E-state index contributed by atoms with van der Waals surface area (Å²) in [5.74, 6) is 0.458. The fraction of sp³-hybridized carbons (Fsp3) is 0.667. The molecular formula is C12H22N2O. The van der Waals surface area contributed by atoms with Gasteiger partial charge in [0.1, 0.15) is 0 Å². The van der Waals surface area contributed by atoms with Crippen LogP contribution in [0.1, 0.15) is 26.5 Å². The summed E-state index contributed by atoms with van der Waals surface area (Å²) in [6.45, 7) is 8.39. The normalized spacial score (nSPS) is 13.4. The van der Waals surface area contributed by atoms with E-state index >= 15 is 0 Å². The lowest BCUT2D eigenvalue weighted by Gasteiger charge is -2.20. The molecular weight excluding hydrogens is 188 g/mol. The average Bonchev–Trinajstić information content (AvgIpc) is 2.65. The Hall–Kier alpha value is -0.800. The zero-order chi connectivity index (χ0) is 11.3. The number of nitrogens with zero attached hydrogens (tertiary/aromatic N) is 1. The SMILES string of the molecule is CCn1cccc1CN[C@H](CO)C(C)C. The molecule has 15 heavy (non-hydrogen) atoms. The summed E-state index contributed by atoms with van der Waals surface area (Å²) in [7, 11) is 0. The number of aliphatic hydroxyl groups is 1. The topological polar surface area (TPSA) is 37.2 Å². The van der Waals surface area contributed by atoms with Gasteiger partial charge in [-0.15, -0.1) is 0 Å². The highest BCUT2D eigenvalue weighted by molar-refractivity contribution is 5.06. The Balaban J connectivity index is 2.48. The van der Waals surface area contributed by atoms with E-state index in [2.05, 4.69) is 49.0 Å². The summed E-state index contributed by atoms with van der Waals surface area (Å²) < 4.78 is 2.21.